The van der Waals surface area contributed by atoms with E-state index in [4.69, 9.17) is 13.7 Å². The Morgan fingerprint density at radius 1 is 1.24 bits per heavy atom. The van der Waals surface area contributed by atoms with Crippen molar-refractivity contribution >= 4 is 44.0 Å². The molecule has 1 fully saturated rings. The van der Waals surface area contributed by atoms with Gasteiger partial charge in [0.05, 0.1) is 24.2 Å². The minimum Gasteiger partial charge on any atom is -0.464 e. The number of carbonyl (C=O) groups is 3. The lowest BCUT2D eigenvalue weighted by atomic mass is 9.86. The minimum atomic E-state index is -4.19. The van der Waals surface area contributed by atoms with E-state index in [-0.39, 0.29) is 24.5 Å². The van der Waals surface area contributed by atoms with Crippen LogP contribution in [-0.4, -0.2) is 67.7 Å². The quantitative estimate of drug-likeness (QED) is 0.267. The molecule has 2 amide bonds. The molecule has 1 aliphatic carbocycles. The Bertz CT molecular complexity index is 1210. The van der Waals surface area contributed by atoms with Crippen LogP contribution < -0.4 is 5.32 Å². The summed E-state index contributed by atoms with van der Waals surface area (Å²) in [5, 5.41) is 2.76. The van der Waals surface area contributed by atoms with Crippen LogP contribution in [-0.2, 0) is 33.4 Å². The maximum atomic E-state index is 13.6. The highest BCUT2D eigenvalue weighted by atomic mass is 79.9. The first-order chi connectivity index (χ1) is 17.7. The number of benzene rings is 1. The number of likely N-dealkylation sites (tertiary alicyclic amines) is 1. The van der Waals surface area contributed by atoms with E-state index >= 15 is 0 Å². The second-order valence-electron chi connectivity index (χ2n) is 10.1. The summed E-state index contributed by atoms with van der Waals surface area (Å²) < 4.78 is 42.7. The Kier molecular flexibility index (Phi) is 9.10. The van der Waals surface area contributed by atoms with E-state index in [1.54, 1.807) is 58.1 Å². The van der Waals surface area contributed by atoms with Crippen molar-refractivity contribution in [3.63, 3.8) is 0 Å². The zero-order chi connectivity index (χ0) is 28.3. The fraction of sp³-hybridized carbons (Fsp3) is 0.500. The number of rotatable bonds is 8. The average molecular weight is 614 g/mol. The Balaban J connectivity index is 1.89. The number of ether oxygens (including phenoxy) is 2. The summed E-state index contributed by atoms with van der Waals surface area (Å²) in [7, 11) is -4.19. The van der Waals surface area contributed by atoms with E-state index in [1.165, 1.54) is 12.1 Å². The number of esters is 1. The van der Waals surface area contributed by atoms with Crippen LogP contribution in [0.3, 0.4) is 0 Å². The van der Waals surface area contributed by atoms with Crippen molar-refractivity contribution in [2.75, 3.05) is 13.2 Å². The summed E-state index contributed by atoms with van der Waals surface area (Å²) in [5.74, 6) is -1.79. The number of amides is 2. The maximum Gasteiger partial charge on any atom is 0.411 e. The highest BCUT2D eigenvalue weighted by molar-refractivity contribution is 9.10. The summed E-state index contributed by atoms with van der Waals surface area (Å²) in [6.07, 6.45) is 3.36. The van der Waals surface area contributed by atoms with Gasteiger partial charge in [0.15, 0.2) is 5.54 Å². The lowest BCUT2D eigenvalue weighted by molar-refractivity contribution is -0.152. The van der Waals surface area contributed by atoms with E-state index in [0.717, 1.165) is 4.90 Å². The molecule has 1 aliphatic heterocycles. The maximum absolute atomic E-state index is 13.6. The Morgan fingerprint density at radius 2 is 1.89 bits per heavy atom. The van der Waals surface area contributed by atoms with Gasteiger partial charge in [-0.05, 0) is 58.4 Å². The van der Waals surface area contributed by atoms with Crippen molar-refractivity contribution in [1.82, 2.24) is 10.2 Å². The fourth-order valence-electron chi connectivity index (χ4n) is 4.41. The fourth-order valence-corrected chi connectivity index (χ4v) is 5.75. The molecule has 1 saturated heterocycles. The monoisotopic (exact) mass is 612 g/mol. The van der Waals surface area contributed by atoms with E-state index in [1.807, 2.05) is 0 Å². The van der Waals surface area contributed by atoms with Gasteiger partial charge in [-0.3, -0.25) is 13.9 Å². The molecule has 10 nitrogen and oxygen atoms in total. The molecule has 208 valence electrons. The van der Waals surface area contributed by atoms with Gasteiger partial charge in [-0.1, -0.05) is 34.2 Å². The van der Waals surface area contributed by atoms with E-state index in [2.05, 4.69) is 27.8 Å². The summed E-state index contributed by atoms with van der Waals surface area (Å²) in [6.45, 7) is 10.4. The lowest BCUT2D eigenvalue weighted by Gasteiger charge is -2.34. The van der Waals surface area contributed by atoms with Gasteiger partial charge in [-0.15, -0.1) is 6.58 Å². The van der Waals surface area contributed by atoms with Crippen LogP contribution in [0.25, 0.3) is 0 Å². The number of carbonyl (C=O) groups excluding carboxylic acids is 3. The predicted octanol–water partition coefficient (Wildman–Crippen LogP) is 3.71. The van der Waals surface area contributed by atoms with Crippen LogP contribution >= 0.6 is 15.9 Å². The summed E-state index contributed by atoms with van der Waals surface area (Å²) in [5.41, 5.74) is -2.37. The average Bonchev–Trinajstić information content (AvgIpc) is 3.43. The molecule has 3 rings (SSSR count). The normalized spacial score (nSPS) is 25.2. The van der Waals surface area contributed by atoms with Crippen LogP contribution in [0.1, 0.15) is 40.5 Å². The second kappa shape index (κ2) is 11.6. The van der Waals surface area contributed by atoms with Crippen molar-refractivity contribution in [1.29, 1.82) is 0 Å². The molecule has 0 unspecified atom stereocenters. The van der Waals surface area contributed by atoms with Gasteiger partial charge in [-0.2, -0.15) is 8.42 Å². The van der Waals surface area contributed by atoms with Gasteiger partial charge >= 0.3 is 12.1 Å². The molecule has 0 aromatic heterocycles. The number of nitrogens with one attached hydrogen (secondary N) is 1. The van der Waals surface area contributed by atoms with Crippen LogP contribution in [0, 0.1) is 5.92 Å². The SMILES string of the molecule is C=C[C@@H]1CC=C[C@]1(NC(=O)[C@@H]1C[C@H](OS(=O)(=O)c2ccc(Br)cc2)CN1C(=O)OC(C)(C)C)C(=O)OCC. The number of allylic oxidation sites excluding steroid dienone is 1. The first-order valence-electron chi connectivity index (χ1n) is 12.2. The van der Waals surface area contributed by atoms with Gasteiger partial charge in [0.2, 0.25) is 5.91 Å². The Morgan fingerprint density at radius 3 is 2.47 bits per heavy atom. The van der Waals surface area contributed by atoms with Crippen LogP contribution in [0.5, 0.6) is 0 Å². The number of nitrogens with zero attached hydrogens (tertiary/aromatic N) is 1. The van der Waals surface area contributed by atoms with Gasteiger partial charge in [-0.25, -0.2) is 9.59 Å². The third-order valence-electron chi connectivity index (χ3n) is 6.14. The molecular weight excluding hydrogens is 580 g/mol. The molecule has 12 heteroatoms. The van der Waals surface area contributed by atoms with Crippen LogP contribution in [0.15, 0.2) is 58.4 Å². The molecule has 1 heterocycles. The standard InChI is InChI=1S/C26H33BrN2O8S/c1-6-17-9-8-14-26(17,23(31)35-7-2)28-22(30)21-15-19(16-29(21)24(32)36-25(3,4)5)37-38(33,34)20-12-10-18(27)11-13-20/h6,8,10-14,17,19,21H,1,7,9,15-16H2,2-5H3,(H,28,30)/t17-,19+,21+,26-/m1/s1. The molecule has 0 bridgehead atoms. The Labute approximate surface area is 231 Å². The molecule has 0 saturated carbocycles. The zero-order valence-electron chi connectivity index (χ0n) is 21.8. The van der Waals surface area contributed by atoms with Gasteiger partial charge in [0.25, 0.3) is 10.1 Å². The first kappa shape index (κ1) is 29.9. The van der Waals surface area contributed by atoms with E-state index in [9.17, 15) is 22.8 Å². The van der Waals surface area contributed by atoms with Gasteiger partial charge < -0.3 is 14.8 Å². The molecular formula is C26H33BrN2O8S. The zero-order valence-corrected chi connectivity index (χ0v) is 24.2. The van der Waals surface area contributed by atoms with Crippen LogP contribution in [0.2, 0.25) is 0 Å². The number of hydrogen-bond donors (Lipinski definition) is 1. The molecule has 38 heavy (non-hydrogen) atoms. The molecule has 0 spiro atoms. The third-order valence-corrected chi connectivity index (χ3v) is 8.05. The summed E-state index contributed by atoms with van der Waals surface area (Å²) in [6, 6.07) is 4.73. The van der Waals surface area contributed by atoms with Crippen molar-refractivity contribution < 1.29 is 36.5 Å². The van der Waals surface area contributed by atoms with Crippen molar-refractivity contribution in [3.05, 3.63) is 53.5 Å². The lowest BCUT2D eigenvalue weighted by Crippen LogP contribution is -2.60. The van der Waals surface area contributed by atoms with Crippen LogP contribution in [0.4, 0.5) is 4.79 Å². The molecule has 1 N–H and O–H groups in total. The van der Waals surface area contributed by atoms with Gasteiger partial charge in [0, 0.05) is 16.8 Å². The smallest absolute Gasteiger partial charge is 0.411 e. The highest BCUT2D eigenvalue weighted by Crippen LogP contribution is 2.34. The molecule has 0 radical (unpaired) electrons. The molecule has 1 aromatic carbocycles. The first-order valence-corrected chi connectivity index (χ1v) is 14.4. The third kappa shape index (κ3) is 6.65. The molecule has 1 aromatic rings. The topological polar surface area (TPSA) is 128 Å². The van der Waals surface area contributed by atoms with E-state index < -0.39 is 57.3 Å². The van der Waals surface area contributed by atoms with Crippen molar-refractivity contribution in [2.45, 2.75) is 68.7 Å². The van der Waals surface area contributed by atoms with Crippen molar-refractivity contribution in [3.8, 4) is 0 Å². The summed E-state index contributed by atoms with van der Waals surface area (Å²) in [4.78, 5) is 40.7. The van der Waals surface area contributed by atoms with E-state index in [0.29, 0.717) is 10.9 Å². The second-order valence-corrected chi connectivity index (χ2v) is 12.6. The predicted molar refractivity (Wildman–Crippen MR) is 142 cm³/mol. The highest BCUT2D eigenvalue weighted by Gasteiger charge is 2.51. The Hall–Kier alpha value is -2.70. The molecule has 4 atom stereocenters. The number of halogens is 1. The van der Waals surface area contributed by atoms with Gasteiger partial charge in [0.1, 0.15) is 11.6 Å². The summed E-state index contributed by atoms with van der Waals surface area (Å²) >= 11 is 3.26. The molecule has 2 aliphatic rings. The van der Waals surface area contributed by atoms with Crippen molar-refractivity contribution in [2.24, 2.45) is 5.92 Å². The minimum absolute atomic E-state index is 0.0661. The largest absolute Gasteiger partial charge is 0.464 e. The number of hydrogen-bond acceptors (Lipinski definition) is 8.